The van der Waals surface area contributed by atoms with Crippen LogP contribution in [0.5, 0.6) is 0 Å². The molecule has 0 aromatic carbocycles. The minimum absolute atomic E-state index is 0.0326. The Hall–Kier alpha value is -1.36. The molecule has 0 saturated carbocycles. The zero-order valence-corrected chi connectivity index (χ0v) is 11.0. The number of rotatable bonds is 6. The molecule has 1 heterocycles. The van der Waals surface area contributed by atoms with E-state index in [0.29, 0.717) is 18.3 Å². The maximum Gasteiger partial charge on any atom is 0.234 e. The van der Waals surface area contributed by atoms with E-state index in [0.717, 1.165) is 24.2 Å². The summed E-state index contributed by atoms with van der Waals surface area (Å²) in [7, 11) is 0. The molecule has 0 aliphatic carbocycles. The Morgan fingerprint density at radius 1 is 1.41 bits per heavy atom. The van der Waals surface area contributed by atoms with Crippen LogP contribution in [0.4, 0.5) is 5.88 Å². The molecule has 0 unspecified atom stereocenters. The predicted molar refractivity (Wildman–Crippen MR) is 67.0 cm³/mol. The van der Waals surface area contributed by atoms with Crippen LogP contribution in [0.1, 0.15) is 37.9 Å². The van der Waals surface area contributed by atoms with E-state index >= 15 is 0 Å². The fourth-order valence-electron chi connectivity index (χ4n) is 1.36. The maximum absolute atomic E-state index is 11.6. The summed E-state index contributed by atoms with van der Waals surface area (Å²) in [6.07, 6.45) is 1.30. The summed E-state index contributed by atoms with van der Waals surface area (Å²) >= 11 is 0. The second kappa shape index (κ2) is 6.39. The number of aromatic nitrogens is 1. The van der Waals surface area contributed by atoms with Crippen LogP contribution in [0.3, 0.4) is 0 Å². The Bertz CT molecular complexity index is 372. The second-order valence-corrected chi connectivity index (χ2v) is 4.48. The third kappa shape index (κ3) is 4.56. The molecule has 0 bridgehead atoms. The lowest BCUT2D eigenvalue weighted by Crippen LogP contribution is -2.24. The van der Waals surface area contributed by atoms with Gasteiger partial charge < -0.3 is 9.84 Å². The first kappa shape index (κ1) is 13.7. The fraction of sp³-hybridized carbons (Fsp3) is 0.667. The Morgan fingerprint density at radius 2 is 2.12 bits per heavy atom. The van der Waals surface area contributed by atoms with E-state index in [-0.39, 0.29) is 5.91 Å². The number of amides is 1. The molecule has 1 aromatic rings. The summed E-state index contributed by atoms with van der Waals surface area (Å²) in [5.74, 6) is 0.430. The third-order valence-corrected chi connectivity index (χ3v) is 2.54. The van der Waals surface area contributed by atoms with Crippen molar-refractivity contribution in [1.29, 1.82) is 0 Å². The molecule has 0 atom stereocenters. The van der Waals surface area contributed by atoms with Crippen LogP contribution in [-0.4, -0.2) is 23.7 Å². The summed E-state index contributed by atoms with van der Waals surface area (Å²) < 4.78 is 5.01. The minimum atomic E-state index is -0.0326. The number of nitrogens with one attached hydrogen (secondary N) is 2. The van der Waals surface area contributed by atoms with Gasteiger partial charge in [-0.2, -0.15) is 0 Å². The molecule has 1 rings (SSSR count). The largest absolute Gasteiger partial charge is 0.338 e. The molecule has 1 aromatic heterocycles. The molecule has 0 aliphatic rings. The van der Waals surface area contributed by atoms with Crippen LogP contribution in [-0.2, 0) is 4.79 Å². The smallest absolute Gasteiger partial charge is 0.234 e. The number of aryl methyl sites for hydroxylation is 1. The lowest BCUT2D eigenvalue weighted by atomic mass is 10.2. The van der Waals surface area contributed by atoms with Gasteiger partial charge in [-0.3, -0.25) is 10.1 Å². The van der Waals surface area contributed by atoms with E-state index < -0.39 is 0 Å². The second-order valence-electron chi connectivity index (χ2n) is 4.48. The van der Waals surface area contributed by atoms with Gasteiger partial charge in [0.1, 0.15) is 0 Å². The molecule has 0 radical (unpaired) electrons. The number of hydrogen-bond acceptors (Lipinski definition) is 4. The molecular formula is C12H21N3O2. The number of hydrogen-bond donors (Lipinski definition) is 2. The van der Waals surface area contributed by atoms with Gasteiger partial charge in [-0.05, 0) is 26.8 Å². The SMILES string of the molecule is Cc1noc(NC(=O)CCCNC(C)C)c1C. The first-order valence-electron chi connectivity index (χ1n) is 5.96. The summed E-state index contributed by atoms with van der Waals surface area (Å²) in [6, 6.07) is 0.456. The van der Waals surface area contributed by atoms with Gasteiger partial charge in [0.25, 0.3) is 0 Å². The molecule has 1 amide bonds. The summed E-state index contributed by atoms with van der Waals surface area (Å²) in [5, 5.41) is 9.77. The molecule has 0 saturated heterocycles. The molecule has 5 heteroatoms. The Morgan fingerprint density at radius 3 is 2.65 bits per heavy atom. The van der Waals surface area contributed by atoms with Crippen molar-refractivity contribution < 1.29 is 9.32 Å². The van der Waals surface area contributed by atoms with Gasteiger partial charge in [-0.15, -0.1) is 0 Å². The first-order valence-corrected chi connectivity index (χ1v) is 5.96. The third-order valence-electron chi connectivity index (χ3n) is 2.54. The maximum atomic E-state index is 11.6. The minimum Gasteiger partial charge on any atom is -0.338 e. The van der Waals surface area contributed by atoms with Gasteiger partial charge in [0.05, 0.1) is 5.69 Å². The van der Waals surface area contributed by atoms with Crippen LogP contribution >= 0.6 is 0 Å². The predicted octanol–water partition coefficient (Wildman–Crippen LogP) is 2.01. The molecule has 2 N–H and O–H groups in total. The number of anilines is 1. The zero-order valence-electron chi connectivity index (χ0n) is 11.0. The Labute approximate surface area is 102 Å². The van der Waals surface area contributed by atoms with Crippen LogP contribution < -0.4 is 10.6 Å². The van der Waals surface area contributed by atoms with E-state index in [4.69, 9.17) is 4.52 Å². The fourth-order valence-corrected chi connectivity index (χ4v) is 1.36. The lowest BCUT2D eigenvalue weighted by molar-refractivity contribution is -0.116. The van der Waals surface area contributed by atoms with E-state index in [1.807, 2.05) is 13.8 Å². The van der Waals surface area contributed by atoms with Gasteiger partial charge in [-0.1, -0.05) is 19.0 Å². The van der Waals surface area contributed by atoms with Crippen molar-refractivity contribution in [2.45, 2.75) is 46.6 Å². The molecule has 17 heavy (non-hydrogen) atoms. The highest BCUT2D eigenvalue weighted by molar-refractivity contribution is 5.89. The van der Waals surface area contributed by atoms with Gasteiger partial charge in [0.15, 0.2) is 0 Å². The first-order chi connectivity index (χ1) is 8.00. The van der Waals surface area contributed by atoms with Crippen LogP contribution in [0.25, 0.3) is 0 Å². The van der Waals surface area contributed by atoms with E-state index in [1.54, 1.807) is 0 Å². The van der Waals surface area contributed by atoms with E-state index in [1.165, 1.54) is 0 Å². The Balaban J connectivity index is 2.28. The number of carbonyl (C=O) groups excluding carboxylic acids is 1. The Kier molecular flexibility index (Phi) is 5.15. The van der Waals surface area contributed by atoms with Crippen molar-refractivity contribution in [3.05, 3.63) is 11.3 Å². The molecule has 0 aliphatic heterocycles. The van der Waals surface area contributed by atoms with Crippen molar-refractivity contribution in [3.63, 3.8) is 0 Å². The van der Waals surface area contributed by atoms with Crippen LogP contribution in [0.15, 0.2) is 4.52 Å². The molecule has 0 spiro atoms. The van der Waals surface area contributed by atoms with Gasteiger partial charge in [0.2, 0.25) is 11.8 Å². The highest BCUT2D eigenvalue weighted by Gasteiger charge is 2.11. The van der Waals surface area contributed by atoms with Gasteiger partial charge in [0, 0.05) is 18.0 Å². The highest BCUT2D eigenvalue weighted by Crippen LogP contribution is 2.17. The molecule has 5 nitrogen and oxygen atoms in total. The van der Waals surface area contributed by atoms with Crippen LogP contribution in [0, 0.1) is 13.8 Å². The average Bonchev–Trinajstić information content (AvgIpc) is 2.56. The van der Waals surface area contributed by atoms with Gasteiger partial charge >= 0.3 is 0 Å². The number of carbonyl (C=O) groups is 1. The van der Waals surface area contributed by atoms with Crippen LogP contribution in [0.2, 0.25) is 0 Å². The zero-order chi connectivity index (χ0) is 12.8. The summed E-state index contributed by atoms with van der Waals surface area (Å²) in [5.41, 5.74) is 1.69. The van der Waals surface area contributed by atoms with Crippen molar-refractivity contribution in [2.75, 3.05) is 11.9 Å². The normalized spacial score (nSPS) is 10.9. The van der Waals surface area contributed by atoms with Crippen molar-refractivity contribution in [3.8, 4) is 0 Å². The van der Waals surface area contributed by atoms with Crippen molar-refractivity contribution >= 4 is 11.8 Å². The topological polar surface area (TPSA) is 67.2 Å². The van der Waals surface area contributed by atoms with Crippen molar-refractivity contribution in [2.24, 2.45) is 0 Å². The molecule has 96 valence electrons. The van der Waals surface area contributed by atoms with Gasteiger partial charge in [-0.25, -0.2) is 0 Å². The molecular weight excluding hydrogens is 218 g/mol. The van der Waals surface area contributed by atoms with E-state index in [9.17, 15) is 4.79 Å². The van der Waals surface area contributed by atoms with Crippen molar-refractivity contribution in [1.82, 2.24) is 10.5 Å². The number of nitrogens with zero attached hydrogens (tertiary/aromatic N) is 1. The summed E-state index contributed by atoms with van der Waals surface area (Å²) in [6.45, 7) is 8.74. The standard InChI is InChI=1S/C12H21N3O2/c1-8(2)13-7-5-6-11(16)14-12-9(3)10(4)15-17-12/h8,13H,5-7H2,1-4H3,(H,14,16). The monoisotopic (exact) mass is 239 g/mol. The molecule has 0 fully saturated rings. The summed E-state index contributed by atoms with van der Waals surface area (Å²) in [4.78, 5) is 11.6. The average molecular weight is 239 g/mol. The van der Waals surface area contributed by atoms with E-state index in [2.05, 4.69) is 29.6 Å². The lowest BCUT2D eigenvalue weighted by Gasteiger charge is -2.07. The quantitative estimate of drug-likeness (QED) is 0.745. The highest BCUT2D eigenvalue weighted by atomic mass is 16.5.